The molecule has 1 amide bonds. The Bertz CT molecular complexity index is 966. The number of hydrogen-bond donors (Lipinski definition) is 0. The summed E-state index contributed by atoms with van der Waals surface area (Å²) in [6, 6.07) is 11.2. The molecule has 2 aromatic rings. The quantitative estimate of drug-likeness (QED) is 0.751. The van der Waals surface area contributed by atoms with E-state index in [1.54, 1.807) is 17.0 Å². The number of aryl methyl sites for hydroxylation is 1. The molecule has 0 spiro atoms. The molecule has 6 nitrogen and oxygen atoms in total. The lowest BCUT2D eigenvalue weighted by molar-refractivity contribution is -0.274. The third-order valence-corrected chi connectivity index (χ3v) is 6.43. The Kier molecular flexibility index (Phi) is 5.85. The van der Waals surface area contributed by atoms with Crippen molar-refractivity contribution in [1.82, 2.24) is 9.21 Å². The highest BCUT2D eigenvalue weighted by molar-refractivity contribution is 7.89. The van der Waals surface area contributed by atoms with E-state index >= 15 is 0 Å². The molecular weight excluding hydrogens is 409 g/mol. The number of benzene rings is 2. The summed E-state index contributed by atoms with van der Waals surface area (Å²) in [7, 11) is -3.88. The standard InChI is InChI=1S/C19H19F3N2O4S/c1-14-2-4-15(5-3-14)18(25)23-10-12-24(13-11-23)29(26,27)17-8-6-16(7-9-17)28-19(20,21)22/h2-9H,10-13H2,1H3. The Labute approximate surface area is 166 Å². The van der Waals surface area contributed by atoms with Crippen molar-refractivity contribution < 1.29 is 31.1 Å². The molecule has 0 radical (unpaired) electrons. The van der Waals surface area contributed by atoms with E-state index in [0.29, 0.717) is 5.56 Å². The van der Waals surface area contributed by atoms with Crippen LogP contribution in [0.2, 0.25) is 0 Å². The molecule has 1 aliphatic heterocycles. The van der Waals surface area contributed by atoms with Crippen LogP contribution in [0.1, 0.15) is 15.9 Å². The zero-order valence-corrected chi connectivity index (χ0v) is 16.3. The number of amides is 1. The molecule has 0 aliphatic carbocycles. The zero-order chi connectivity index (χ0) is 21.2. The summed E-state index contributed by atoms with van der Waals surface area (Å²) >= 11 is 0. The number of piperazine rings is 1. The van der Waals surface area contributed by atoms with Crippen molar-refractivity contribution in [3.8, 4) is 5.75 Å². The number of halogens is 3. The second-order valence-electron chi connectivity index (χ2n) is 6.58. The van der Waals surface area contributed by atoms with Crippen LogP contribution in [0.15, 0.2) is 53.4 Å². The molecule has 1 saturated heterocycles. The fourth-order valence-electron chi connectivity index (χ4n) is 2.97. The monoisotopic (exact) mass is 428 g/mol. The summed E-state index contributed by atoms with van der Waals surface area (Å²) < 4.78 is 67.1. The third kappa shape index (κ3) is 5.07. The first-order valence-electron chi connectivity index (χ1n) is 8.78. The summed E-state index contributed by atoms with van der Waals surface area (Å²) in [5, 5.41) is 0. The molecule has 156 valence electrons. The molecule has 2 aromatic carbocycles. The van der Waals surface area contributed by atoms with Crippen LogP contribution in [-0.2, 0) is 10.0 Å². The van der Waals surface area contributed by atoms with E-state index in [-0.39, 0.29) is 37.0 Å². The van der Waals surface area contributed by atoms with Crippen molar-refractivity contribution in [3.63, 3.8) is 0 Å². The van der Waals surface area contributed by atoms with Gasteiger partial charge >= 0.3 is 6.36 Å². The van der Waals surface area contributed by atoms with E-state index in [4.69, 9.17) is 0 Å². The number of ether oxygens (including phenoxy) is 1. The Morgan fingerprint density at radius 1 is 0.931 bits per heavy atom. The van der Waals surface area contributed by atoms with Gasteiger partial charge < -0.3 is 9.64 Å². The number of carbonyl (C=O) groups excluding carboxylic acids is 1. The van der Waals surface area contributed by atoms with Crippen LogP contribution in [0, 0.1) is 6.92 Å². The minimum absolute atomic E-state index is 0.0980. The van der Waals surface area contributed by atoms with Crippen molar-refractivity contribution in [2.45, 2.75) is 18.2 Å². The van der Waals surface area contributed by atoms with E-state index in [1.807, 2.05) is 19.1 Å². The number of alkyl halides is 3. The molecule has 1 fully saturated rings. The van der Waals surface area contributed by atoms with Crippen molar-refractivity contribution in [2.24, 2.45) is 0 Å². The van der Waals surface area contributed by atoms with Gasteiger partial charge in [-0.3, -0.25) is 4.79 Å². The highest BCUT2D eigenvalue weighted by atomic mass is 32.2. The molecule has 0 unspecified atom stereocenters. The highest BCUT2D eigenvalue weighted by Gasteiger charge is 2.32. The van der Waals surface area contributed by atoms with Gasteiger partial charge in [-0.1, -0.05) is 17.7 Å². The van der Waals surface area contributed by atoms with Crippen LogP contribution in [0.3, 0.4) is 0 Å². The van der Waals surface area contributed by atoms with Gasteiger partial charge in [0, 0.05) is 31.7 Å². The maximum Gasteiger partial charge on any atom is 0.573 e. The van der Waals surface area contributed by atoms with Gasteiger partial charge in [0.2, 0.25) is 10.0 Å². The Morgan fingerprint density at radius 2 is 1.48 bits per heavy atom. The van der Waals surface area contributed by atoms with E-state index in [1.165, 1.54) is 4.31 Å². The van der Waals surface area contributed by atoms with Gasteiger partial charge in [-0.25, -0.2) is 8.42 Å². The first-order chi connectivity index (χ1) is 13.6. The first kappa shape index (κ1) is 21.1. The summed E-state index contributed by atoms with van der Waals surface area (Å²) in [5.74, 6) is -0.666. The molecule has 29 heavy (non-hydrogen) atoms. The van der Waals surface area contributed by atoms with Gasteiger partial charge in [-0.05, 0) is 43.3 Å². The molecule has 1 heterocycles. The molecule has 0 bridgehead atoms. The number of sulfonamides is 1. The average Bonchev–Trinajstić information content (AvgIpc) is 2.67. The van der Waals surface area contributed by atoms with Crippen molar-refractivity contribution >= 4 is 15.9 Å². The first-order valence-corrected chi connectivity index (χ1v) is 10.2. The smallest absolute Gasteiger partial charge is 0.406 e. The average molecular weight is 428 g/mol. The van der Waals surface area contributed by atoms with Gasteiger partial charge in [-0.15, -0.1) is 13.2 Å². The predicted octanol–water partition coefficient (Wildman–Crippen LogP) is 3.04. The number of rotatable bonds is 4. The molecule has 0 N–H and O–H groups in total. The molecule has 0 atom stereocenters. The van der Waals surface area contributed by atoms with Gasteiger partial charge in [0.1, 0.15) is 5.75 Å². The van der Waals surface area contributed by atoms with E-state index in [9.17, 15) is 26.4 Å². The predicted molar refractivity (Wildman–Crippen MR) is 99.0 cm³/mol. The fourth-order valence-corrected chi connectivity index (χ4v) is 4.39. The molecule has 0 saturated carbocycles. The van der Waals surface area contributed by atoms with Crippen LogP contribution < -0.4 is 4.74 Å². The Hall–Kier alpha value is -2.59. The van der Waals surface area contributed by atoms with Crippen LogP contribution >= 0.6 is 0 Å². The maximum absolute atomic E-state index is 12.7. The van der Waals surface area contributed by atoms with Crippen LogP contribution in [0.5, 0.6) is 5.75 Å². The van der Waals surface area contributed by atoms with Gasteiger partial charge in [-0.2, -0.15) is 4.31 Å². The molecule has 1 aliphatic rings. The third-order valence-electron chi connectivity index (χ3n) is 4.52. The minimum Gasteiger partial charge on any atom is -0.406 e. The fraction of sp³-hybridized carbons (Fsp3) is 0.316. The lowest BCUT2D eigenvalue weighted by Gasteiger charge is -2.34. The summed E-state index contributed by atoms with van der Waals surface area (Å²) in [4.78, 5) is 14.0. The number of hydrogen-bond acceptors (Lipinski definition) is 4. The highest BCUT2D eigenvalue weighted by Crippen LogP contribution is 2.25. The van der Waals surface area contributed by atoms with Gasteiger partial charge in [0.15, 0.2) is 0 Å². The number of carbonyl (C=O) groups is 1. The Balaban J connectivity index is 1.65. The minimum atomic E-state index is -4.85. The van der Waals surface area contributed by atoms with Crippen molar-refractivity contribution in [2.75, 3.05) is 26.2 Å². The van der Waals surface area contributed by atoms with E-state index in [2.05, 4.69) is 4.74 Å². The normalized spacial score (nSPS) is 15.9. The summed E-state index contributed by atoms with van der Waals surface area (Å²) in [6.07, 6.45) is -4.85. The molecule has 0 aromatic heterocycles. The van der Waals surface area contributed by atoms with Gasteiger partial charge in [0.25, 0.3) is 5.91 Å². The molecule has 3 rings (SSSR count). The topological polar surface area (TPSA) is 66.9 Å². The largest absolute Gasteiger partial charge is 0.573 e. The molecular formula is C19H19F3N2O4S. The lowest BCUT2D eigenvalue weighted by Crippen LogP contribution is -2.50. The van der Waals surface area contributed by atoms with E-state index < -0.39 is 22.1 Å². The summed E-state index contributed by atoms with van der Waals surface area (Å²) in [6.45, 7) is 2.56. The van der Waals surface area contributed by atoms with Crippen LogP contribution in [0.4, 0.5) is 13.2 Å². The summed E-state index contributed by atoms with van der Waals surface area (Å²) in [5.41, 5.74) is 1.57. The Morgan fingerprint density at radius 3 is 2.00 bits per heavy atom. The number of nitrogens with zero attached hydrogens (tertiary/aromatic N) is 2. The SMILES string of the molecule is Cc1ccc(C(=O)N2CCN(S(=O)(=O)c3ccc(OC(F)(F)F)cc3)CC2)cc1. The van der Waals surface area contributed by atoms with Gasteiger partial charge in [0.05, 0.1) is 4.90 Å². The van der Waals surface area contributed by atoms with Crippen LogP contribution in [-0.4, -0.2) is 56.1 Å². The maximum atomic E-state index is 12.7. The second-order valence-corrected chi connectivity index (χ2v) is 8.52. The van der Waals surface area contributed by atoms with Crippen molar-refractivity contribution in [3.05, 3.63) is 59.7 Å². The lowest BCUT2D eigenvalue weighted by atomic mass is 10.1. The second kappa shape index (κ2) is 8.03. The van der Waals surface area contributed by atoms with Crippen molar-refractivity contribution in [1.29, 1.82) is 0 Å². The van der Waals surface area contributed by atoms with Crippen LogP contribution in [0.25, 0.3) is 0 Å². The van der Waals surface area contributed by atoms with E-state index in [0.717, 1.165) is 29.8 Å². The molecule has 10 heteroatoms. The zero-order valence-electron chi connectivity index (χ0n) is 15.5.